The minimum absolute atomic E-state index is 0.0354. The molecule has 2 aromatic rings. The van der Waals surface area contributed by atoms with E-state index in [1.54, 1.807) is 0 Å². The smallest absolute Gasteiger partial charge is 0.254 e. The van der Waals surface area contributed by atoms with Crippen molar-refractivity contribution in [1.29, 1.82) is 0 Å². The summed E-state index contributed by atoms with van der Waals surface area (Å²) in [5, 5.41) is 2.50. The van der Waals surface area contributed by atoms with Gasteiger partial charge in [0.15, 0.2) is 5.89 Å². The van der Waals surface area contributed by atoms with Gasteiger partial charge in [-0.2, -0.15) is 4.31 Å². The Bertz CT molecular complexity index is 1030. The highest BCUT2D eigenvalue weighted by Gasteiger charge is 2.33. The van der Waals surface area contributed by atoms with Gasteiger partial charge >= 0.3 is 0 Å². The zero-order chi connectivity index (χ0) is 20.6. The summed E-state index contributed by atoms with van der Waals surface area (Å²) in [5.74, 6) is 1.38. The van der Waals surface area contributed by atoms with E-state index in [-0.39, 0.29) is 29.5 Å². The molecule has 1 aromatic heterocycles. The molecule has 9 nitrogen and oxygen atoms in total. The van der Waals surface area contributed by atoms with Gasteiger partial charge in [-0.3, -0.25) is 4.79 Å². The number of amides is 1. The Balaban J connectivity index is 1.61. The normalized spacial score (nSPS) is 19.7. The quantitative estimate of drug-likeness (QED) is 0.774. The number of ether oxygens (including phenoxy) is 2. The molecule has 1 N–H and O–H groups in total. The lowest BCUT2D eigenvalue weighted by atomic mass is 10.1. The third-order valence-corrected chi connectivity index (χ3v) is 7.11. The van der Waals surface area contributed by atoms with Crippen LogP contribution in [0.2, 0.25) is 0 Å². The van der Waals surface area contributed by atoms with Crippen molar-refractivity contribution in [2.75, 3.05) is 33.9 Å². The number of sulfonamides is 1. The number of benzene rings is 1. The predicted octanol–water partition coefficient (Wildman–Crippen LogP) is 1.29. The number of hydrogen-bond acceptors (Lipinski definition) is 7. The number of aromatic nitrogens is 1. The van der Waals surface area contributed by atoms with Crippen LogP contribution in [0.3, 0.4) is 0 Å². The molecular weight excluding hydrogens is 398 g/mol. The molecular formula is C19H23N3O6S. The Morgan fingerprint density at radius 3 is 2.90 bits per heavy atom. The van der Waals surface area contributed by atoms with Crippen LogP contribution in [-0.4, -0.2) is 57.5 Å². The van der Waals surface area contributed by atoms with E-state index in [1.165, 1.54) is 36.7 Å². The van der Waals surface area contributed by atoms with Crippen LogP contribution in [0.5, 0.6) is 5.75 Å². The monoisotopic (exact) mass is 421 g/mol. The highest BCUT2D eigenvalue weighted by molar-refractivity contribution is 7.89. The highest BCUT2D eigenvalue weighted by Crippen LogP contribution is 2.31. The first-order valence-corrected chi connectivity index (χ1v) is 10.8. The zero-order valence-corrected chi connectivity index (χ0v) is 17.1. The van der Waals surface area contributed by atoms with Gasteiger partial charge in [0.1, 0.15) is 11.5 Å². The molecule has 0 radical (unpaired) electrons. The van der Waals surface area contributed by atoms with Crippen LogP contribution in [0.1, 0.15) is 40.0 Å². The van der Waals surface area contributed by atoms with E-state index < -0.39 is 15.9 Å². The lowest BCUT2D eigenvalue weighted by molar-refractivity contribution is 0.0960. The largest absolute Gasteiger partial charge is 0.496 e. The average Bonchev–Trinajstić information content (AvgIpc) is 3.41. The highest BCUT2D eigenvalue weighted by atomic mass is 32.2. The number of carbonyl (C=O) groups excluding carboxylic acids is 1. The fourth-order valence-electron chi connectivity index (χ4n) is 3.61. The Morgan fingerprint density at radius 2 is 2.21 bits per heavy atom. The van der Waals surface area contributed by atoms with E-state index in [9.17, 15) is 13.2 Å². The van der Waals surface area contributed by atoms with Crippen LogP contribution in [0.4, 0.5) is 0 Å². The summed E-state index contributed by atoms with van der Waals surface area (Å²) < 4.78 is 44.2. The van der Waals surface area contributed by atoms with E-state index in [2.05, 4.69) is 10.3 Å². The van der Waals surface area contributed by atoms with Crippen LogP contribution in [0.15, 0.2) is 27.5 Å². The van der Waals surface area contributed by atoms with E-state index in [0.29, 0.717) is 37.0 Å². The van der Waals surface area contributed by atoms with Crippen LogP contribution < -0.4 is 10.1 Å². The van der Waals surface area contributed by atoms with Gasteiger partial charge in [-0.25, -0.2) is 13.4 Å². The summed E-state index contributed by atoms with van der Waals surface area (Å²) in [7, 11) is -0.903. The van der Waals surface area contributed by atoms with Crippen molar-refractivity contribution in [3.05, 3.63) is 41.1 Å². The number of nitrogens with one attached hydrogen (secondary N) is 1. The van der Waals surface area contributed by atoms with Crippen molar-refractivity contribution < 1.29 is 27.1 Å². The molecule has 1 saturated heterocycles. The molecule has 0 spiro atoms. The fraction of sp³-hybridized carbons (Fsp3) is 0.474. The molecule has 1 unspecified atom stereocenters. The summed E-state index contributed by atoms with van der Waals surface area (Å²) in [6, 6.07) is 4.27. The molecule has 0 bridgehead atoms. The zero-order valence-electron chi connectivity index (χ0n) is 16.3. The number of oxazole rings is 1. The predicted molar refractivity (Wildman–Crippen MR) is 102 cm³/mol. The molecule has 4 rings (SSSR count). The lowest BCUT2D eigenvalue weighted by Crippen LogP contribution is -2.36. The Kier molecular flexibility index (Phi) is 5.32. The second-order valence-corrected chi connectivity index (χ2v) is 8.95. The molecule has 0 aliphatic carbocycles. The molecule has 10 heteroatoms. The van der Waals surface area contributed by atoms with E-state index in [0.717, 1.165) is 12.2 Å². The summed E-state index contributed by atoms with van der Waals surface area (Å²) in [6.07, 6.45) is 1.31. The molecule has 29 heavy (non-hydrogen) atoms. The Labute approximate surface area is 169 Å². The SMILES string of the molecule is CNC(=O)c1cc(S(=O)(=O)N2CCc3oc(C4CCOC4)nc3C2)ccc1OC. The minimum atomic E-state index is -3.81. The average molecular weight is 421 g/mol. The lowest BCUT2D eigenvalue weighted by Gasteiger charge is -2.25. The van der Waals surface area contributed by atoms with E-state index >= 15 is 0 Å². The molecule has 3 heterocycles. The summed E-state index contributed by atoms with van der Waals surface area (Å²) in [4.78, 5) is 16.7. The van der Waals surface area contributed by atoms with Gasteiger partial charge in [-0.15, -0.1) is 0 Å². The molecule has 156 valence electrons. The van der Waals surface area contributed by atoms with Crippen LogP contribution in [-0.2, 0) is 27.7 Å². The van der Waals surface area contributed by atoms with Gasteiger partial charge in [-0.1, -0.05) is 0 Å². The van der Waals surface area contributed by atoms with Gasteiger partial charge in [-0.05, 0) is 24.6 Å². The topological polar surface area (TPSA) is 111 Å². The summed E-state index contributed by atoms with van der Waals surface area (Å²) >= 11 is 0. The van der Waals surface area contributed by atoms with Gasteiger partial charge in [0.2, 0.25) is 10.0 Å². The van der Waals surface area contributed by atoms with Crippen LogP contribution >= 0.6 is 0 Å². The standard InChI is InChI=1S/C19H23N3O6S/c1-20-18(23)14-9-13(3-4-16(14)26-2)29(24,25)22-7-5-17-15(10-22)21-19(28-17)12-6-8-27-11-12/h3-4,9,12H,5-8,10-11H2,1-2H3,(H,20,23). The number of fused-ring (bicyclic) bond motifs is 1. The number of hydrogen-bond donors (Lipinski definition) is 1. The first kappa shape index (κ1) is 19.9. The van der Waals surface area contributed by atoms with Crippen molar-refractivity contribution in [3.8, 4) is 5.75 Å². The Morgan fingerprint density at radius 1 is 1.38 bits per heavy atom. The number of methoxy groups -OCH3 is 1. The van der Waals surface area contributed by atoms with Gasteiger partial charge in [0.05, 0.1) is 42.3 Å². The first-order chi connectivity index (χ1) is 13.9. The minimum Gasteiger partial charge on any atom is -0.496 e. The molecule has 1 amide bonds. The van der Waals surface area contributed by atoms with Crippen LogP contribution in [0, 0.1) is 0 Å². The molecule has 1 fully saturated rings. The second-order valence-electron chi connectivity index (χ2n) is 7.01. The van der Waals surface area contributed by atoms with Crippen molar-refractivity contribution in [3.63, 3.8) is 0 Å². The summed E-state index contributed by atoms with van der Waals surface area (Å²) in [6.45, 7) is 1.68. The first-order valence-electron chi connectivity index (χ1n) is 9.40. The van der Waals surface area contributed by atoms with Crippen molar-refractivity contribution >= 4 is 15.9 Å². The van der Waals surface area contributed by atoms with Crippen molar-refractivity contribution in [2.45, 2.75) is 30.2 Å². The molecule has 0 saturated carbocycles. The molecule has 2 aliphatic heterocycles. The molecule has 1 aromatic carbocycles. The maximum atomic E-state index is 13.2. The van der Waals surface area contributed by atoms with Gasteiger partial charge in [0, 0.05) is 26.6 Å². The number of carbonyl (C=O) groups is 1. The number of rotatable bonds is 5. The Hall–Kier alpha value is -2.43. The maximum Gasteiger partial charge on any atom is 0.254 e. The maximum absolute atomic E-state index is 13.2. The summed E-state index contributed by atoms with van der Waals surface area (Å²) in [5.41, 5.74) is 0.806. The fourth-order valence-corrected chi connectivity index (χ4v) is 5.04. The number of nitrogens with zero attached hydrogens (tertiary/aromatic N) is 2. The molecule has 2 aliphatic rings. The third-order valence-electron chi connectivity index (χ3n) is 5.27. The molecule has 1 atom stereocenters. The van der Waals surface area contributed by atoms with E-state index in [4.69, 9.17) is 13.9 Å². The van der Waals surface area contributed by atoms with Crippen molar-refractivity contribution in [1.82, 2.24) is 14.6 Å². The van der Waals surface area contributed by atoms with Crippen molar-refractivity contribution in [2.24, 2.45) is 0 Å². The van der Waals surface area contributed by atoms with Gasteiger partial charge < -0.3 is 19.2 Å². The van der Waals surface area contributed by atoms with Gasteiger partial charge in [0.25, 0.3) is 5.91 Å². The third kappa shape index (κ3) is 3.63. The second kappa shape index (κ2) is 7.77. The van der Waals surface area contributed by atoms with E-state index in [1.807, 2.05) is 0 Å². The van der Waals surface area contributed by atoms with Crippen LogP contribution in [0.25, 0.3) is 0 Å².